The summed E-state index contributed by atoms with van der Waals surface area (Å²) in [6.07, 6.45) is 4.85. The summed E-state index contributed by atoms with van der Waals surface area (Å²) in [5.41, 5.74) is -0.777. The molecular weight excluding hydrogens is 128 g/mol. The van der Waals surface area contributed by atoms with Gasteiger partial charge in [0.2, 0.25) is 0 Å². The van der Waals surface area contributed by atoms with Crippen LogP contribution in [0.2, 0.25) is 0 Å². The lowest BCUT2D eigenvalue weighted by atomic mass is 9.97. The van der Waals surface area contributed by atoms with E-state index in [0.717, 1.165) is 0 Å². The molecule has 0 rings (SSSR count). The molecule has 0 fully saturated rings. The Morgan fingerprint density at radius 1 is 1.40 bits per heavy atom. The van der Waals surface area contributed by atoms with Crippen LogP contribution in [0, 0.1) is 0 Å². The standard InChI is InChI=1S/C8H14O2/c1-3-8(10,4-2)6-5-7-9/h5-7,10H,3-4H2,1-2H3/b6-5+. The monoisotopic (exact) mass is 142 g/mol. The number of allylic oxidation sites excluding steroid dienone is 1. The van der Waals surface area contributed by atoms with Gasteiger partial charge in [-0.1, -0.05) is 13.8 Å². The lowest BCUT2D eigenvalue weighted by Gasteiger charge is -2.19. The van der Waals surface area contributed by atoms with E-state index in [2.05, 4.69) is 0 Å². The summed E-state index contributed by atoms with van der Waals surface area (Å²) in [6.45, 7) is 3.78. The molecule has 0 aliphatic rings. The first-order valence-electron chi connectivity index (χ1n) is 3.54. The number of aldehydes is 1. The van der Waals surface area contributed by atoms with Crippen molar-refractivity contribution in [3.8, 4) is 0 Å². The second-order valence-corrected chi connectivity index (χ2v) is 2.31. The van der Waals surface area contributed by atoms with E-state index < -0.39 is 5.60 Å². The molecule has 58 valence electrons. The van der Waals surface area contributed by atoms with E-state index in [-0.39, 0.29) is 0 Å². The van der Waals surface area contributed by atoms with Gasteiger partial charge < -0.3 is 5.11 Å². The van der Waals surface area contributed by atoms with Crippen molar-refractivity contribution < 1.29 is 9.90 Å². The highest BCUT2D eigenvalue weighted by atomic mass is 16.3. The zero-order valence-corrected chi connectivity index (χ0v) is 6.50. The first-order valence-corrected chi connectivity index (χ1v) is 3.54. The molecular formula is C8H14O2. The van der Waals surface area contributed by atoms with Crippen LogP contribution < -0.4 is 0 Å². The number of aliphatic hydroxyl groups is 1. The minimum Gasteiger partial charge on any atom is -0.386 e. The molecule has 2 nitrogen and oxygen atoms in total. The highest BCUT2D eigenvalue weighted by Gasteiger charge is 2.16. The summed E-state index contributed by atoms with van der Waals surface area (Å²) in [7, 11) is 0. The normalized spacial score (nSPS) is 12.3. The number of hydrogen-bond acceptors (Lipinski definition) is 2. The Kier molecular flexibility index (Phi) is 3.96. The van der Waals surface area contributed by atoms with E-state index in [1.165, 1.54) is 6.08 Å². The van der Waals surface area contributed by atoms with Crippen molar-refractivity contribution in [1.29, 1.82) is 0 Å². The van der Waals surface area contributed by atoms with Gasteiger partial charge >= 0.3 is 0 Å². The molecule has 0 aromatic rings. The van der Waals surface area contributed by atoms with Gasteiger partial charge in [0.1, 0.15) is 6.29 Å². The molecule has 0 spiro atoms. The Labute approximate surface area is 61.6 Å². The molecule has 2 heteroatoms. The molecule has 0 radical (unpaired) electrons. The zero-order chi connectivity index (χ0) is 8.04. The minimum atomic E-state index is -0.777. The average molecular weight is 142 g/mol. The van der Waals surface area contributed by atoms with Crippen molar-refractivity contribution in [1.82, 2.24) is 0 Å². The maximum Gasteiger partial charge on any atom is 0.142 e. The zero-order valence-electron chi connectivity index (χ0n) is 6.50. The van der Waals surface area contributed by atoms with Crippen molar-refractivity contribution >= 4 is 6.29 Å². The number of hydrogen-bond donors (Lipinski definition) is 1. The van der Waals surface area contributed by atoms with E-state index in [0.29, 0.717) is 19.1 Å². The summed E-state index contributed by atoms with van der Waals surface area (Å²) in [5, 5.41) is 9.51. The summed E-state index contributed by atoms with van der Waals surface area (Å²) < 4.78 is 0. The Balaban J connectivity index is 4.04. The molecule has 0 aromatic carbocycles. The molecule has 0 aliphatic heterocycles. The molecule has 0 amide bonds. The molecule has 10 heavy (non-hydrogen) atoms. The second kappa shape index (κ2) is 4.23. The molecule has 0 heterocycles. The van der Waals surface area contributed by atoms with Crippen LogP contribution in [0.15, 0.2) is 12.2 Å². The Hall–Kier alpha value is -0.630. The topological polar surface area (TPSA) is 37.3 Å². The lowest BCUT2D eigenvalue weighted by molar-refractivity contribution is -0.104. The smallest absolute Gasteiger partial charge is 0.142 e. The molecule has 0 saturated heterocycles. The third-order valence-corrected chi connectivity index (χ3v) is 1.71. The molecule has 1 N–H and O–H groups in total. The largest absolute Gasteiger partial charge is 0.386 e. The Morgan fingerprint density at radius 3 is 2.20 bits per heavy atom. The summed E-state index contributed by atoms with van der Waals surface area (Å²) in [4.78, 5) is 9.89. The van der Waals surface area contributed by atoms with Gasteiger partial charge in [-0.2, -0.15) is 0 Å². The van der Waals surface area contributed by atoms with Crippen LogP contribution in [0.1, 0.15) is 26.7 Å². The third-order valence-electron chi connectivity index (χ3n) is 1.71. The van der Waals surface area contributed by atoms with E-state index in [1.807, 2.05) is 13.8 Å². The number of carbonyl (C=O) groups excluding carboxylic acids is 1. The summed E-state index contributed by atoms with van der Waals surface area (Å²) >= 11 is 0. The molecule has 0 atom stereocenters. The van der Waals surface area contributed by atoms with Crippen LogP contribution in [0.5, 0.6) is 0 Å². The van der Waals surface area contributed by atoms with E-state index >= 15 is 0 Å². The fourth-order valence-electron chi connectivity index (χ4n) is 0.704. The van der Waals surface area contributed by atoms with Gasteiger partial charge in [-0.05, 0) is 25.0 Å². The predicted octanol–water partition coefficient (Wildman–Crippen LogP) is 1.29. The maximum atomic E-state index is 9.89. The summed E-state index contributed by atoms with van der Waals surface area (Å²) in [6, 6.07) is 0. The maximum absolute atomic E-state index is 9.89. The van der Waals surface area contributed by atoms with E-state index in [1.54, 1.807) is 6.08 Å². The molecule has 0 aliphatic carbocycles. The fourth-order valence-corrected chi connectivity index (χ4v) is 0.704. The quantitative estimate of drug-likeness (QED) is 0.474. The second-order valence-electron chi connectivity index (χ2n) is 2.31. The van der Waals surface area contributed by atoms with Crippen molar-refractivity contribution in [2.75, 3.05) is 0 Å². The molecule has 0 saturated carbocycles. The van der Waals surface area contributed by atoms with Gasteiger partial charge in [-0.15, -0.1) is 0 Å². The van der Waals surface area contributed by atoms with Gasteiger partial charge in [0.05, 0.1) is 5.60 Å². The van der Waals surface area contributed by atoms with Crippen molar-refractivity contribution in [3.05, 3.63) is 12.2 Å². The van der Waals surface area contributed by atoms with Gasteiger partial charge in [0.15, 0.2) is 0 Å². The first kappa shape index (κ1) is 9.37. The van der Waals surface area contributed by atoms with Crippen molar-refractivity contribution in [2.24, 2.45) is 0 Å². The van der Waals surface area contributed by atoms with Gasteiger partial charge in [0, 0.05) is 0 Å². The summed E-state index contributed by atoms with van der Waals surface area (Å²) in [5.74, 6) is 0. The van der Waals surface area contributed by atoms with E-state index in [4.69, 9.17) is 0 Å². The molecule has 0 unspecified atom stereocenters. The van der Waals surface area contributed by atoms with Crippen LogP contribution in [0.4, 0.5) is 0 Å². The predicted molar refractivity (Wildman–Crippen MR) is 40.7 cm³/mol. The van der Waals surface area contributed by atoms with Crippen LogP contribution in [-0.4, -0.2) is 17.0 Å². The van der Waals surface area contributed by atoms with Gasteiger partial charge in [-0.3, -0.25) is 4.79 Å². The van der Waals surface area contributed by atoms with Crippen LogP contribution in [-0.2, 0) is 4.79 Å². The Morgan fingerprint density at radius 2 is 1.90 bits per heavy atom. The van der Waals surface area contributed by atoms with Crippen molar-refractivity contribution in [2.45, 2.75) is 32.3 Å². The minimum absolute atomic E-state index is 0.647. The van der Waals surface area contributed by atoms with Crippen LogP contribution in [0.3, 0.4) is 0 Å². The average Bonchev–Trinajstić information content (AvgIpc) is 2.00. The highest BCUT2D eigenvalue weighted by molar-refractivity contribution is 5.64. The molecule has 0 aromatic heterocycles. The van der Waals surface area contributed by atoms with Gasteiger partial charge in [-0.25, -0.2) is 0 Å². The lowest BCUT2D eigenvalue weighted by Crippen LogP contribution is -2.22. The van der Waals surface area contributed by atoms with Gasteiger partial charge in [0.25, 0.3) is 0 Å². The Bertz CT molecular complexity index is 123. The highest BCUT2D eigenvalue weighted by Crippen LogP contribution is 2.15. The van der Waals surface area contributed by atoms with Crippen molar-refractivity contribution in [3.63, 3.8) is 0 Å². The number of rotatable bonds is 4. The SMILES string of the molecule is CCC(O)(/C=C/C=O)CC. The fraction of sp³-hybridized carbons (Fsp3) is 0.625. The van der Waals surface area contributed by atoms with Crippen LogP contribution in [0.25, 0.3) is 0 Å². The molecule has 0 bridgehead atoms. The van der Waals surface area contributed by atoms with E-state index in [9.17, 15) is 9.90 Å². The first-order chi connectivity index (χ1) is 4.68. The van der Waals surface area contributed by atoms with Crippen LogP contribution >= 0.6 is 0 Å². The third kappa shape index (κ3) is 2.78. The number of carbonyl (C=O) groups is 1.